The molecule has 0 amide bonds. The highest BCUT2D eigenvalue weighted by atomic mass is 35.5. The summed E-state index contributed by atoms with van der Waals surface area (Å²) < 4.78 is 30.5. The molecule has 0 unspecified atom stereocenters. The van der Waals surface area contributed by atoms with E-state index in [4.69, 9.17) is 16.3 Å². The maximum Gasteiger partial charge on any atom is 0.287 e. The third kappa shape index (κ3) is 4.94. The van der Waals surface area contributed by atoms with Crippen molar-refractivity contribution < 1.29 is 13.2 Å². The Hall–Kier alpha value is -1.12. The smallest absolute Gasteiger partial charge is 0.287 e. The molecule has 1 aliphatic rings. The summed E-state index contributed by atoms with van der Waals surface area (Å²) in [6.07, 6.45) is 5.64. The fourth-order valence-electron chi connectivity index (χ4n) is 2.51. The molecule has 1 aromatic heterocycles. The maximum absolute atomic E-state index is 12.2. The zero-order valence-corrected chi connectivity index (χ0v) is 15.4. The molecule has 24 heavy (non-hydrogen) atoms. The molecule has 1 N–H and O–H groups in total. The molecular weight excluding hydrogens is 354 g/mol. The molecule has 1 aliphatic heterocycles. The lowest BCUT2D eigenvalue weighted by Gasteiger charge is -2.23. The van der Waals surface area contributed by atoms with Gasteiger partial charge in [-0.25, -0.2) is 13.1 Å². The van der Waals surface area contributed by atoms with Crippen molar-refractivity contribution in [3.05, 3.63) is 21.6 Å². The van der Waals surface area contributed by atoms with Gasteiger partial charge in [0.05, 0.1) is 30.9 Å². The SMILES string of the molecule is CCCCCCn1ncc(NC[C@@H]2COCCS2(=O)=O)c(Cl)c1=O. The molecule has 0 aromatic carbocycles. The summed E-state index contributed by atoms with van der Waals surface area (Å²) in [6.45, 7) is 3.18. The molecule has 136 valence electrons. The van der Waals surface area contributed by atoms with Crippen molar-refractivity contribution in [2.24, 2.45) is 0 Å². The second-order valence-corrected chi connectivity index (χ2v) is 8.68. The molecule has 7 nitrogen and oxygen atoms in total. The highest BCUT2D eigenvalue weighted by Gasteiger charge is 2.29. The van der Waals surface area contributed by atoms with Crippen molar-refractivity contribution in [1.29, 1.82) is 0 Å². The largest absolute Gasteiger partial charge is 0.381 e. The highest BCUT2D eigenvalue weighted by molar-refractivity contribution is 7.92. The molecule has 0 bridgehead atoms. The lowest BCUT2D eigenvalue weighted by molar-refractivity contribution is 0.140. The third-order valence-corrected chi connectivity index (χ3v) is 6.47. The Morgan fingerprint density at radius 2 is 2.21 bits per heavy atom. The molecule has 0 radical (unpaired) electrons. The number of halogens is 1. The van der Waals surface area contributed by atoms with E-state index in [1.54, 1.807) is 0 Å². The molecule has 2 rings (SSSR count). The molecule has 1 saturated heterocycles. The monoisotopic (exact) mass is 377 g/mol. The van der Waals surface area contributed by atoms with Crippen LogP contribution in [0.25, 0.3) is 0 Å². The van der Waals surface area contributed by atoms with Crippen LogP contribution in [0, 0.1) is 0 Å². The van der Waals surface area contributed by atoms with Gasteiger partial charge in [-0.15, -0.1) is 0 Å². The minimum absolute atomic E-state index is 0.0185. The second-order valence-electron chi connectivity index (χ2n) is 5.91. The first kappa shape index (κ1) is 19.2. The summed E-state index contributed by atoms with van der Waals surface area (Å²) in [4.78, 5) is 12.2. The number of hydrogen-bond acceptors (Lipinski definition) is 6. The van der Waals surface area contributed by atoms with E-state index in [-0.39, 0.29) is 36.1 Å². The second kappa shape index (κ2) is 8.82. The zero-order chi connectivity index (χ0) is 17.6. The predicted octanol–water partition coefficient (Wildman–Crippen LogP) is 1.70. The molecule has 0 aliphatic carbocycles. The third-order valence-electron chi connectivity index (χ3n) is 4.05. The summed E-state index contributed by atoms with van der Waals surface area (Å²) in [5.74, 6) is 0.0185. The molecule has 2 heterocycles. The number of unbranched alkanes of at least 4 members (excludes halogenated alkanes) is 3. The topological polar surface area (TPSA) is 90.3 Å². The fraction of sp³-hybridized carbons (Fsp3) is 0.733. The minimum atomic E-state index is -3.18. The quantitative estimate of drug-likeness (QED) is 0.693. The minimum Gasteiger partial charge on any atom is -0.381 e. The number of sulfone groups is 1. The highest BCUT2D eigenvalue weighted by Crippen LogP contribution is 2.17. The van der Waals surface area contributed by atoms with Crippen molar-refractivity contribution in [3.63, 3.8) is 0 Å². The zero-order valence-electron chi connectivity index (χ0n) is 13.8. The first-order valence-electron chi connectivity index (χ1n) is 8.24. The van der Waals surface area contributed by atoms with Gasteiger partial charge in [-0.05, 0) is 6.42 Å². The number of anilines is 1. The van der Waals surface area contributed by atoms with E-state index in [2.05, 4.69) is 17.3 Å². The van der Waals surface area contributed by atoms with Crippen LogP contribution in [0.5, 0.6) is 0 Å². The molecule has 9 heteroatoms. The summed E-state index contributed by atoms with van der Waals surface area (Å²) in [5, 5.41) is 6.43. The number of nitrogens with one attached hydrogen (secondary N) is 1. The van der Waals surface area contributed by atoms with E-state index in [0.717, 1.165) is 25.7 Å². The van der Waals surface area contributed by atoms with Gasteiger partial charge in [0.25, 0.3) is 5.56 Å². The van der Waals surface area contributed by atoms with Gasteiger partial charge in [0, 0.05) is 13.1 Å². The molecule has 1 atom stereocenters. The number of aryl methyl sites for hydroxylation is 1. The fourth-order valence-corrected chi connectivity index (χ4v) is 4.04. The van der Waals surface area contributed by atoms with Crippen LogP contribution >= 0.6 is 11.6 Å². The number of nitrogens with zero attached hydrogens (tertiary/aromatic N) is 2. The van der Waals surface area contributed by atoms with Gasteiger partial charge in [0.15, 0.2) is 9.84 Å². The van der Waals surface area contributed by atoms with Crippen LogP contribution in [-0.4, -0.2) is 49.0 Å². The van der Waals surface area contributed by atoms with Crippen LogP contribution in [0.4, 0.5) is 5.69 Å². The van der Waals surface area contributed by atoms with E-state index >= 15 is 0 Å². The Morgan fingerprint density at radius 3 is 2.92 bits per heavy atom. The average Bonchev–Trinajstić information content (AvgIpc) is 2.55. The lowest BCUT2D eigenvalue weighted by atomic mass is 10.2. The van der Waals surface area contributed by atoms with Gasteiger partial charge in [0.1, 0.15) is 10.3 Å². The van der Waals surface area contributed by atoms with Gasteiger partial charge in [-0.2, -0.15) is 5.10 Å². The maximum atomic E-state index is 12.2. The molecule has 0 saturated carbocycles. The number of hydrogen-bond donors (Lipinski definition) is 1. The summed E-state index contributed by atoms with van der Waals surface area (Å²) in [6, 6.07) is 0. The van der Waals surface area contributed by atoms with Gasteiger partial charge < -0.3 is 10.1 Å². The average molecular weight is 378 g/mol. The van der Waals surface area contributed by atoms with Crippen molar-refractivity contribution >= 4 is 27.1 Å². The Bertz CT molecular complexity index is 705. The van der Waals surface area contributed by atoms with Gasteiger partial charge in [0.2, 0.25) is 0 Å². The predicted molar refractivity (Wildman–Crippen MR) is 94.5 cm³/mol. The van der Waals surface area contributed by atoms with E-state index in [9.17, 15) is 13.2 Å². The van der Waals surface area contributed by atoms with E-state index < -0.39 is 15.1 Å². The lowest BCUT2D eigenvalue weighted by Crippen LogP contribution is -2.40. The molecule has 0 spiro atoms. The first-order valence-corrected chi connectivity index (χ1v) is 10.3. The molecule has 1 fully saturated rings. The van der Waals surface area contributed by atoms with Crippen molar-refractivity contribution in [2.75, 3.05) is 30.8 Å². The Morgan fingerprint density at radius 1 is 1.42 bits per heavy atom. The van der Waals surface area contributed by atoms with E-state index in [1.807, 2.05) is 0 Å². The van der Waals surface area contributed by atoms with Crippen LogP contribution in [0.15, 0.2) is 11.0 Å². The Balaban J connectivity index is 1.99. The van der Waals surface area contributed by atoms with Crippen LogP contribution in [0.3, 0.4) is 0 Å². The number of ether oxygens (including phenoxy) is 1. The van der Waals surface area contributed by atoms with Crippen molar-refractivity contribution in [3.8, 4) is 0 Å². The standard InChI is InChI=1S/C15H24ClN3O4S/c1-2-3-4-5-6-19-15(20)14(16)13(10-18-19)17-9-12-11-23-7-8-24(12,21)22/h10,12,17H,2-9,11H2,1H3/t12-/m1/s1. The summed E-state index contributed by atoms with van der Waals surface area (Å²) >= 11 is 6.11. The van der Waals surface area contributed by atoms with Crippen molar-refractivity contribution in [2.45, 2.75) is 44.4 Å². The van der Waals surface area contributed by atoms with Gasteiger partial charge in [-0.1, -0.05) is 37.8 Å². The van der Waals surface area contributed by atoms with Crippen LogP contribution in [-0.2, 0) is 21.1 Å². The Kier molecular flexibility index (Phi) is 7.06. The van der Waals surface area contributed by atoms with Gasteiger partial charge in [-0.3, -0.25) is 4.79 Å². The van der Waals surface area contributed by atoms with Crippen LogP contribution < -0.4 is 10.9 Å². The summed E-state index contributed by atoms with van der Waals surface area (Å²) in [7, 11) is -3.18. The molecule has 1 aromatic rings. The number of aromatic nitrogens is 2. The normalized spacial score (nSPS) is 20.0. The van der Waals surface area contributed by atoms with Crippen molar-refractivity contribution in [1.82, 2.24) is 9.78 Å². The number of rotatable bonds is 8. The van der Waals surface area contributed by atoms with Crippen LogP contribution in [0.1, 0.15) is 32.6 Å². The van der Waals surface area contributed by atoms with E-state index in [1.165, 1.54) is 10.9 Å². The Labute approximate surface area is 147 Å². The molecular formula is C15H24ClN3O4S. The van der Waals surface area contributed by atoms with Gasteiger partial charge >= 0.3 is 0 Å². The van der Waals surface area contributed by atoms with Crippen LogP contribution in [0.2, 0.25) is 5.02 Å². The first-order chi connectivity index (χ1) is 11.5. The summed E-state index contributed by atoms with van der Waals surface area (Å²) in [5.41, 5.74) is -0.00633. The van der Waals surface area contributed by atoms with E-state index in [0.29, 0.717) is 12.2 Å².